The van der Waals surface area contributed by atoms with Gasteiger partial charge in [0.15, 0.2) is 5.78 Å². The molecule has 0 unspecified atom stereocenters. The van der Waals surface area contributed by atoms with Crippen molar-refractivity contribution in [2.75, 3.05) is 0 Å². The van der Waals surface area contributed by atoms with E-state index in [4.69, 9.17) is 0 Å². The fourth-order valence-electron chi connectivity index (χ4n) is 1.57. The maximum atomic E-state index is 11.3. The van der Waals surface area contributed by atoms with Gasteiger partial charge in [0, 0.05) is 6.42 Å². The van der Waals surface area contributed by atoms with Gasteiger partial charge in [0.25, 0.3) is 0 Å². The Morgan fingerprint density at radius 3 is 2.13 bits per heavy atom. The predicted molar refractivity (Wildman–Crippen MR) is 64.7 cm³/mol. The monoisotopic (exact) mass is 204 g/mol. The number of carbonyl (C=O) groups excluding carboxylic acids is 1. The Morgan fingerprint density at radius 2 is 1.40 bits per heavy atom. The molecule has 0 aromatic rings. The van der Waals surface area contributed by atoms with Crippen LogP contribution in [0.3, 0.4) is 0 Å². The first-order chi connectivity index (χ1) is 7.39. The van der Waals surface area contributed by atoms with Crippen LogP contribution < -0.4 is 0 Å². The number of hydrogen-bond donors (Lipinski definition) is 0. The number of ketones is 1. The van der Waals surface area contributed by atoms with Crippen molar-refractivity contribution in [1.82, 2.24) is 0 Å². The highest BCUT2D eigenvalue weighted by molar-refractivity contribution is 5.89. The van der Waals surface area contributed by atoms with Gasteiger partial charge in [-0.2, -0.15) is 0 Å². The first kappa shape index (κ1) is 12.0. The molecule has 0 fully saturated rings. The number of carbonyl (C=O) groups is 1. The number of allylic oxidation sites excluding steroid dienone is 6. The molecule has 1 aliphatic rings. The summed E-state index contributed by atoms with van der Waals surface area (Å²) < 4.78 is 0. The van der Waals surface area contributed by atoms with Crippen molar-refractivity contribution >= 4 is 5.78 Å². The quantitative estimate of drug-likeness (QED) is 0.583. The highest BCUT2D eigenvalue weighted by Gasteiger charge is 1.95. The second kappa shape index (κ2) is 8.22. The number of hydrogen-bond acceptors (Lipinski definition) is 1. The lowest BCUT2D eigenvalue weighted by atomic mass is 10.1. The van der Waals surface area contributed by atoms with Gasteiger partial charge in [-0.1, -0.05) is 30.4 Å². The topological polar surface area (TPSA) is 17.1 Å². The van der Waals surface area contributed by atoms with E-state index in [1.807, 2.05) is 6.08 Å². The molecule has 1 nitrogen and oxygen atoms in total. The predicted octanol–water partition coefficient (Wildman–Crippen LogP) is 3.97. The zero-order valence-electron chi connectivity index (χ0n) is 9.32. The third-order valence-corrected chi connectivity index (χ3v) is 2.47. The van der Waals surface area contributed by atoms with Gasteiger partial charge >= 0.3 is 0 Å². The van der Waals surface area contributed by atoms with Crippen molar-refractivity contribution in [2.24, 2.45) is 0 Å². The summed E-state index contributed by atoms with van der Waals surface area (Å²) in [5.74, 6) is 0.274. The fourth-order valence-corrected chi connectivity index (χ4v) is 1.57. The smallest absolute Gasteiger partial charge is 0.155 e. The molecule has 0 radical (unpaired) electrons. The molecule has 82 valence electrons. The van der Waals surface area contributed by atoms with Gasteiger partial charge in [0.1, 0.15) is 0 Å². The van der Waals surface area contributed by atoms with Crippen LogP contribution in [0, 0.1) is 0 Å². The van der Waals surface area contributed by atoms with Crippen molar-refractivity contribution in [2.45, 2.75) is 44.9 Å². The summed E-state index contributed by atoms with van der Waals surface area (Å²) >= 11 is 0. The molecule has 0 heterocycles. The van der Waals surface area contributed by atoms with E-state index in [2.05, 4.69) is 24.3 Å². The van der Waals surface area contributed by atoms with Crippen molar-refractivity contribution in [3.8, 4) is 0 Å². The molecule has 0 atom stereocenters. The summed E-state index contributed by atoms with van der Waals surface area (Å²) in [6.07, 6.45) is 19.6. The van der Waals surface area contributed by atoms with Crippen molar-refractivity contribution in [3.63, 3.8) is 0 Å². The molecular formula is C14H20O. The van der Waals surface area contributed by atoms with Crippen LogP contribution in [-0.2, 0) is 4.79 Å². The van der Waals surface area contributed by atoms with E-state index in [0.29, 0.717) is 6.42 Å². The van der Waals surface area contributed by atoms with Crippen molar-refractivity contribution < 1.29 is 4.79 Å². The van der Waals surface area contributed by atoms with Gasteiger partial charge in [-0.3, -0.25) is 4.79 Å². The molecule has 0 N–H and O–H groups in total. The average Bonchev–Trinajstić information content (AvgIpc) is 2.24. The van der Waals surface area contributed by atoms with Gasteiger partial charge in [0.2, 0.25) is 0 Å². The molecule has 0 saturated heterocycles. The Kier molecular flexibility index (Phi) is 6.55. The summed E-state index contributed by atoms with van der Waals surface area (Å²) in [5.41, 5.74) is 0. The third-order valence-electron chi connectivity index (χ3n) is 2.47. The second-order valence-corrected chi connectivity index (χ2v) is 3.90. The molecular weight excluding hydrogens is 184 g/mol. The summed E-state index contributed by atoms with van der Waals surface area (Å²) in [5, 5.41) is 0. The Labute approximate surface area is 92.6 Å². The molecule has 1 aliphatic carbocycles. The van der Waals surface area contributed by atoms with Crippen LogP contribution in [0.4, 0.5) is 0 Å². The molecule has 15 heavy (non-hydrogen) atoms. The highest BCUT2D eigenvalue weighted by Crippen LogP contribution is 2.05. The molecule has 0 spiro atoms. The summed E-state index contributed by atoms with van der Waals surface area (Å²) in [6, 6.07) is 0. The first-order valence-electron chi connectivity index (χ1n) is 5.90. The largest absolute Gasteiger partial charge is 0.295 e. The molecule has 0 aromatic heterocycles. The molecule has 0 aromatic carbocycles. The lowest BCUT2D eigenvalue weighted by molar-refractivity contribution is -0.114. The van der Waals surface area contributed by atoms with Crippen LogP contribution in [0.5, 0.6) is 0 Å². The van der Waals surface area contributed by atoms with Crippen LogP contribution in [0.15, 0.2) is 36.5 Å². The maximum Gasteiger partial charge on any atom is 0.155 e. The normalized spacial score (nSPS) is 26.5. The summed E-state index contributed by atoms with van der Waals surface area (Å²) in [6.45, 7) is 0. The van der Waals surface area contributed by atoms with Gasteiger partial charge in [-0.05, 0) is 44.6 Å². The first-order valence-corrected chi connectivity index (χ1v) is 5.90. The van der Waals surface area contributed by atoms with Crippen LogP contribution in [0.2, 0.25) is 0 Å². The molecule has 0 amide bonds. The highest BCUT2D eigenvalue weighted by atomic mass is 16.1. The minimum atomic E-state index is 0.274. The second-order valence-electron chi connectivity index (χ2n) is 3.90. The molecule has 0 aliphatic heterocycles. The maximum absolute atomic E-state index is 11.3. The van der Waals surface area contributed by atoms with E-state index in [-0.39, 0.29) is 5.78 Å². The summed E-state index contributed by atoms with van der Waals surface area (Å²) in [7, 11) is 0. The molecule has 1 heteroatoms. The third kappa shape index (κ3) is 6.89. The summed E-state index contributed by atoms with van der Waals surface area (Å²) in [4.78, 5) is 11.3. The van der Waals surface area contributed by atoms with E-state index in [1.165, 1.54) is 12.8 Å². The molecule has 1 rings (SSSR count). The zero-order chi connectivity index (χ0) is 10.8. The zero-order valence-corrected chi connectivity index (χ0v) is 9.32. The fraction of sp³-hybridized carbons (Fsp3) is 0.500. The van der Waals surface area contributed by atoms with E-state index < -0.39 is 0 Å². The lowest BCUT2D eigenvalue weighted by Gasteiger charge is -1.95. The lowest BCUT2D eigenvalue weighted by Crippen LogP contribution is -1.91. The van der Waals surface area contributed by atoms with E-state index >= 15 is 0 Å². The minimum Gasteiger partial charge on any atom is -0.295 e. The van der Waals surface area contributed by atoms with Crippen LogP contribution >= 0.6 is 0 Å². The Bertz CT molecular complexity index is 259. The SMILES string of the molecule is O=C1/C=C/CCCC/C=C/C=C\CCC1. The van der Waals surface area contributed by atoms with E-state index in [9.17, 15) is 4.79 Å². The Hall–Kier alpha value is -1.11. The van der Waals surface area contributed by atoms with Gasteiger partial charge in [0.05, 0.1) is 0 Å². The molecule has 0 saturated carbocycles. The standard InChI is InChI=1S/C14H20O/c15-14-12-10-8-6-4-2-1-3-5-7-9-11-13-14/h1-2,4,6,11,13H,3,5,7-10,12H2/b2-1+,6-4-,13-11+. The van der Waals surface area contributed by atoms with E-state index in [0.717, 1.165) is 25.7 Å². The number of rotatable bonds is 0. The Balaban J connectivity index is 2.38. The van der Waals surface area contributed by atoms with Crippen LogP contribution in [-0.4, -0.2) is 5.78 Å². The molecule has 0 bridgehead atoms. The van der Waals surface area contributed by atoms with E-state index in [1.54, 1.807) is 6.08 Å². The van der Waals surface area contributed by atoms with Gasteiger partial charge in [-0.25, -0.2) is 0 Å². The van der Waals surface area contributed by atoms with Crippen LogP contribution in [0.25, 0.3) is 0 Å². The van der Waals surface area contributed by atoms with Crippen LogP contribution in [0.1, 0.15) is 44.9 Å². The minimum absolute atomic E-state index is 0.274. The van der Waals surface area contributed by atoms with Gasteiger partial charge < -0.3 is 0 Å². The van der Waals surface area contributed by atoms with Crippen molar-refractivity contribution in [1.29, 1.82) is 0 Å². The van der Waals surface area contributed by atoms with Gasteiger partial charge in [-0.15, -0.1) is 0 Å². The van der Waals surface area contributed by atoms with Crippen molar-refractivity contribution in [3.05, 3.63) is 36.5 Å². The Morgan fingerprint density at radius 1 is 0.800 bits per heavy atom. The average molecular weight is 204 g/mol.